The molecule has 0 aromatic heterocycles. The SMILES string of the molecule is C[N+](CCO)(CCO)CC[CH-]O[O-]. The van der Waals surface area contributed by atoms with E-state index in [0.29, 0.717) is 30.5 Å². The molecule has 0 aliphatic carbocycles. The lowest BCUT2D eigenvalue weighted by molar-refractivity contribution is -0.910. The van der Waals surface area contributed by atoms with Crippen LogP contribution in [0.25, 0.3) is 0 Å². The van der Waals surface area contributed by atoms with E-state index < -0.39 is 0 Å². The van der Waals surface area contributed by atoms with E-state index >= 15 is 0 Å². The van der Waals surface area contributed by atoms with E-state index in [-0.39, 0.29) is 13.2 Å². The molecule has 0 heterocycles. The Kier molecular flexibility index (Phi) is 7.12. The molecule has 0 amide bonds. The predicted octanol–water partition coefficient (Wildman–Crippen LogP) is -1.74. The summed E-state index contributed by atoms with van der Waals surface area (Å²) in [5, 5.41) is 27.2. The molecule has 0 radical (unpaired) electrons. The summed E-state index contributed by atoms with van der Waals surface area (Å²) in [6.45, 7) is 3.18. The zero-order valence-corrected chi connectivity index (χ0v) is 7.98. The Morgan fingerprint density at radius 3 is 2.15 bits per heavy atom. The molecule has 0 spiro atoms. The van der Waals surface area contributed by atoms with Crippen LogP contribution in [0.1, 0.15) is 6.42 Å². The lowest BCUT2D eigenvalue weighted by atomic mass is 10.3. The summed E-state index contributed by atoms with van der Waals surface area (Å²) in [4.78, 5) is 3.58. The van der Waals surface area contributed by atoms with Gasteiger partial charge in [0.1, 0.15) is 13.1 Å². The van der Waals surface area contributed by atoms with E-state index in [4.69, 9.17) is 10.2 Å². The van der Waals surface area contributed by atoms with Crippen LogP contribution in [-0.2, 0) is 4.89 Å². The van der Waals surface area contributed by atoms with Gasteiger partial charge in [-0.05, 0) is 0 Å². The molecule has 0 aliphatic rings. The van der Waals surface area contributed by atoms with E-state index in [2.05, 4.69) is 4.89 Å². The highest BCUT2D eigenvalue weighted by molar-refractivity contribution is 4.48. The second kappa shape index (κ2) is 7.23. The molecular weight excluding hydrogens is 174 g/mol. The normalized spacial score (nSPS) is 12.0. The Morgan fingerprint density at radius 1 is 1.23 bits per heavy atom. The molecule has 0 aromatic carbocycles. The molecule has 0 aliphatic heterocycles. The number of hydrogen-bond donors (Lipinski definition) is 2. The summed E-state index contributed by atoms with van der Waals surface area (Å²) >= 11 is 0. The van der Waals surface area contributed by atoms with Gasteiger partial charge in [0.15, 0.2) is 0 Å². The minimum absolute atomic E-state index is 0.0781. The molecule has 0 atom stereocenters. The fourth-order valence-electron chi connectivity index (χ4n) is 1.23. The summed E-state index contributed by atoms with van der Waals surface area (Å²) < 4.78 is 0.548. The van der Waals surface area contributed by atoms with Gasteiger partial charge in [-0.15, -0.1) is 6.42 Å². The van der Waals surface area contributed by atoms with E-state index in [1.54, 1.807) is 0 Å². The molecule has 0 saturated carbocycles. The van der Waals surface area contributed by atoms with E-state index in [1.807, 2.05) is 7.05 Å². The van der Waals surface area contributed by atoms with Gasteiger partial charge in [-0.1, -0.05) is 0 Å². The van der Waals surface area contributed by atoms with Crippen LogP contribution in [0.15, 0.2) is 0 Å². The highest BCUT2D eigenvalue weighted by Crippen LogP contribution is 2.04. The standard InChI is InChI=1S/C8H19NO4/c1-9(4-6-10,5-7-11)3-2-8-13-12/h8,10-12H,2-7H2,1H3/p-1. The molecular formula is C8H18NO4-. The van der Waals surface area contributed by atoms with Crippen LogP contribution in [0.3, 0.4) is 0 Å². The minimum Gasteiger partial charge on any atom is -0.759 e. The molecule has 0 rings (SSSR count). The third-order valence-corrected chi connectivity index (χ3v) is 2.13. The third kappa shape index (κ3) is 5.95. The zero-order valence-electron chi connectivity index (χ0n) is 7.98. The smallest absolute Gasteiger partial charge is 0.102 e. The van der Waals surface area contributed by atoms with Crippen LogP contribution in [0, 0.1) is 6.61 Å². The van der Waals surface area contributed by atoms with Crippen molar-refractivity contribution in [2.45, 2.75) is 6.42 Å². The van der Waals surface area contributed by atoms with Gasteiger partial charge >= 0.3 is 0 Å². The van der Waals surface area contributed by atoms with E-state index in [1.165, 1.54) is 6.61 Å². The number of aliphatic hydroxyl groups is 2. The first kappa shape index (κ1) is 12.8. The lowest BCUT2D eigenvalue weighted by Gasteiger charge is -2.35. The summed E-state index contributed by atoms with van der Waals surface area (Å²) in [7, 11) is 1.92. The molecule has 80 valence electrons. The second-order valence-electron chi connectivity index (χ2n) is 3.29. The molecule has 0 saturated heterocycles. The first-order valence-corrected chi connectivity index (χ1v) is 4.34. The average Bonchev–Trinajstić information content (AvgIpc) is 2.05. The van der Waals surface area contributed by atoms with Crippen molar-refractivity contribution in [2.75, 3.05) is 39.9 Å². The van der Waals surface area contributed by atoms with Gasteiger partial charge in [0.05, 0.1) is 26.8 Å². The number of rotatable bonds is 8. The molecule has 0 aromatic rings. The molecule has 5 heteroatoms. The Labute approximate surface area is 78.7 Å². The molecule has 0 bridgehead atoms. The first-order chi connectivity index (χ1) is 6.18. The topological polar surface area (TPSA) is 72.8 Å². The first-order valence-electron chi connectivity index (χ1n) is 4.34. The third-order valence-electron chi connectivity index (χ3n) is 2.13. The van der Waals surface area contributed by atoms with Gasteiger partial charge in [-0.2, -0.15) is 0 Å². The van der Waals surface area contributed by atoms with Gasteiger partial charge in [-0.3, -0.25) is 0 Å². The van der Waals surface area contributed by atoms with Crippen molar-refractivity contribution < 1.29 is 24.8 Å². The maximum Gasteiger partial charge on any atom is 0.102 e. The number of aliphatic hydroxyl groups excluding tert-OH is 2. The monoisotopic (exact) mass is 192 g/mol. The highest BCUT2D eigenvalue weighted by atomic mass is 17.1. The average molecular weight is 192 g/mol. The van der Waals surface area contributed by atoms with Crippen molar-refractivity contribution in [3.05, 3.63) is 6.61 Å². The second-order valence-corrected chi connectivity index (χ2v) is 3.29. The highest BCUT2D eigenvalue weighted by Gasteiger charge is 2.17. The largest absolute Gasteiger partial charge is 0.759 e. The Morgan fingerprint density at radius 2 is 1.77 bits per heavy atom. The van der Waals surface area contributed by atoms with Crippen molar-refractivity contribution in [1.29, 1.82) is 0 Å². The van der Waals surface area contributed by atoms with Crippen LogP contribution < -0.4 is 5.26 Å². The zero-order chi connectivity index (χ0) is 10.2. The molecule has 13 heavy (non-hydrogen) atoms. The molecule has 0 unspecified atom stereocenters. The van der Waals surface area contributed by atoms with Gasteiger partial charge in [-0.25, -0.2) is 6.61 Å². The van der Waals surface area contributed by atoms with Crippen molar-refractivity contribution in [2.24, 2.45) is 0 Å². The van der Waals surface area contributed by atoms with E-state index in [0.717, 1.165) is 0 Å². The summed E-state index contributed by atoms with van der Waals surface area (Å²) in [6, 6.07) is 0. The maximum absolute atomic E-state index is 9.67. The van der Waals surface area contributed by atoms with E-state index in [9.17, 15) is 5.26 Å². The number of hydrogen-bond acceptors (Lipinski definition) is 4. The summed E-state index contributed by atoms with van der Waals surface area (Å²) in [5.74, 6) is 0. The van der Waals surface area contributed by atoms with Crippen molar-refractivity contribution in [3.63, 3.8) is 0 Å². The van der Waals surface area contributed by atoms with Crippen LogP contribution in [0.2, 0.25) is 0 Å². The summed E-state index contributed by atoms with van der Waals surface area (Å²) in [5.41, 5.74) is 0. The minimum atomic E-state index is 0.0781. The van der Waals surface area contributed by atoms with Crippen molar-refractivity contribution in [3.8, 4) is 0 Å². The molecule has 0 fully saturated rings. The van der Waals surface area contributed by atoms with Crippen molar-refractivity contribution in [1.82, 2.24) is 0 Å². The molecule has 2 N–H and O–H groups in total. The Balaban J connectivity index is 3.76. The predicted molar refractivity (Wildman–Crippen MR) is 45.0 cm³/mol. The Bertz CT molecular complexity index is 115. The summed E-state index contributed by atoms with van der Waals surface area (Å²) in [6.07, 6.45) is 0.528. The van der Waals surface area contributed by atoms with Crippen LogP contribution in [-0.4, -0.2) is 54.6 Å². The number of quaternary nitrogens is 1. The van der Waals surface area contributed by atoms with Crippen LogP contribution in [0.5, 0.6) is 0 Å². The van der Waals surface area contributed by atoms with Gasteiger partial charge in [0.2, 0.25) is 0 Å². The van der Waals surface area contributed by atoms with Crippen LogP contribution >= 0.6 is 0 Å². The fourth-order valence-corrected chi connectivity index (χ4v) is 1.23. The molecule has 5 nitrogen and oxygen atoms in total. The quantitative estimate of drug-likeness (QED) is 0.157. The lowest BCUT2D eigenvalue weighted by Crippen LogP contribution is -2.48. The van der Waals surface area contributed by atoms with Gasteiger partial charge < -0.3 is 24.8 Å². The van der Waals surface area contributed by atoms with Gasteiger partial charge in [0, 0.05) is 0 Å². The maximum atomic E-state index is 9.67. The van der Waals surface area contributed by atoms with Crippen LogP contribution in [0.4, 0.5) is 0 Å². The fraction of sp³-hybridized carbons (Fsp3) is 0.875. The van der Waals surface area contributed by atoms with Gasteiger partial charge in [0.25, 0.3) is 0 Å². The Hall–Kier alpha value is -0.200. The van der Waals surface area contributed by atoms with Crippen molar-refractivity contribution >= 4 is 0 Å². The number of nitrogens with zero attached hydrogens (tertiary/aromatic N) is 1. The number of likely N-dealkylation sites (N-methyl/N-ethyl adjacent to an activating group) is 1.